The van der Waals surface area contributed by atoms with Crippen LogP contribution >= 0.6 is 0 Å². The minimum Gasteiger partial charge on any atom is -0.390 e. The number of hydrogen-bond donors (Lipinski definition) is 0. The molecule has 0 aliphatic carbocycles. The molecule has 1 aliphatic rings. The van der Waals surface area contributed by atoms with Crippen LogP contribution in [0.3, 0.4) is 0 Å². The van der Waals surface area contributed by atoms with E-state index in [4.69, 9.17) is 4.84 Å². The summed E-state index contributed by atoms with van der Waals surface area (Å²) < 4.78 is 3.67. The molecule has 0 unspecified atom stereocenters. The third kappa shape index (κ3) is 3.17. The van der Waals surface area contributed by atoms with Gasteiger partial charge in [-0.25, -0.2) is 9.36 Å². The van der Waals surface area contributed by atoms with Gasteiger partial charge in [-0.3, -0.25) is 0 Å². The van der Waals surface area contributed by atoms with Crippen LogP contribution < -0.4 is 0 Å². The van der Waals surface area contributed by atoms with Crippen molar-refractivity contribution in [2.45, 2.75) is 39.3 Å². The van der Waals surface area contributed by atoms with Crippen molar-refractivity contribution in [1.82, 2.24) is 24.8 Å². The minimum absolute atomic E-state index is 0.0348. The molecule has 0 N–H and O–H groups in total. The average molecular weight is 336 g/mol. The molecule has 1 aliphatic heterocycles. The van der Waals surface area contributed by atoms with Crippen molar-refractivity contribution >= 4 is 5.71 Å². The van der Waals surface area contributed by atoms with Gasteiger partial charge in [0.25, 0.3) is 0 Å². The van der Waals surface area contributed by atoms with E-state index in [1.165, 1.54) is 5.56 Å². The van der Waals surface area contributed by atoms with E-state index >= 15 is 0 Å². The van der Waals surface area contributed by atoms with Crippen LogP contribution in [0.25, 0.3) is 16.9 Å². The lowest BCUT2D eigenvalue weighted by molar-refractivity contribution is 0.0693. The summed E-state index contributed by atoms with van der Waals surface area (Å²) in [5.74, 6) is 0. The molecule has 0 spiro atoms. The van der Waals surface area contributed by atoms with Crippen molar-refractivity contribution in [3.05, 3.63) is 48.4 Å². The number of aryl methyl sites for hydroxylation is 1. The van der Waals surface area contributed by atoms with Gasteiger partial charge >= 0.3 is 0 Å². The first-order valence-corrected chi connectivity index (χ1v) is 8.45. The van der Waals surface area contributed by atoms with Gasteiger partial charge in [0.2, 0.25) is 0 Å². The Morgan fingerprint density at radius 2 is 2.24 bits per heavy atom. The largest absolute Gasteiger partial charge is 0.390 e. The van der Waals surface area contributed by atoms with Gasteiger partial charge in [-0.2, -0.15) is 5.10 Å². The van der Waals surface area contributed by atoms with Crippen molar-refractivity contribution in [1.29, 1.82) is 0 Å². The highest BCUT2D eigenvalue weighted by atomic mass is 16.6. The Kier molecular flexibility index (Phi) is 4.05. The first-order valence-electron chi connectivity index (χ1n) is 8.45. The lowest BCUT2D eigenvalue weighted by Crippen LogP contribution is -2.16. The highest BCUT2D eigenvalue weighted by Gasteiger charge is 2.21. The van der Waals surface area contributed by atoms with E-state index < -0.39 is 0 Å². The Morgan fingerprint density at radius 1 is 1.32 bits per heavy atom. The zero-order chi connectivity index (χ0) is 17.2. The number of benzene rings is 1. The quantitative estimate of drug-likeness (QED) is 0.718. The molecular weight excluding hydrogens is 316 g/mol. The fraction of sp³-hybridized carbons (Fsp3) is 0.333. The number of oxime groups is 1. The molecule has 3 heterocycles. The average Bonchev–Trinajstić information content (AvgIpc) is 3.37. The Balaban J connectivity index is 1.59. The van der Waals surface area contributed by atoms with Crippen LogP contribution in [0.5, 0.6) is 0 Å². The smallest absolute Gasteiger partial charge is 0.152 e. The van der Waals surface area contributed by atoms with E-state index in [2.05, 4.69) is 52.6 Å². The van der Waals surface area contributed by atoms with Crippen LogP contribution in [-0.2, 0) is 11.4 Å². The lowest BCUT2D eigenvalue weighted by atomic mass is 10.1. The second kappa shape index (κ2) is 6.51. The van der Waals surface area contributed by atoms with Gasteiger partial charge in [0, 0.05) is 24.4 Å². The molecular formula is C18H20N6O. The lowest BCUT2D eigenvalue weighted by Gasteiger charge is -2.09. The van der Waals surface area contributed by atoms with Crippen LogP contribution in [0.1, 0.15) is 25.3 Å². The Morgan fingerprint density at radius 3 is 3.00 bits per heavy atom. The van der Waals surface area contributed by atoms with Crippen molar-refractivity contribution in [3.8, 4) is 16.9 Å². The highest BCUT2D eigenvalue weighted by Crippen LogP contribution is 2.26. The van der Waals surface area contributed by atoms with E-state index in [0.717, 1.165) is 35.5 Å². The highest BCUT2D eigenvalue weighted by molar-refractivity contribution is 5.85. The van der Waals surface area contributed by atoms with Gasteiger partial charge in [-0.05, 0) is 31.5 Å². The summed E-state index contributed by atoms with van der Waals surface area (Å²) in [6, 6.07) is 8.14. The van der Waals surface area contributed by atoms with Gasteiger partial charge < -0.3 is 4.84 Å². The maximum atomic E-state index is 5.46. The SMILES string of the molecule is CCC1=NO[C@@H](Cn2cc(-c3cc(C)ccc3-n3cccn3)nn2)C1. The Labute approximate surface area is 145 Å². The molecule has 3 aromatic rings. The Bertz CT molecular complexity index is 896. The number of rotatable bonds is 5. The van der Waals surface area contributed by atoms with Crippen LogP contribution in [0.15, 0.2) is 48.0 Å². The maximum absolute atomic E-state index is 5.46. The molecule has 1 aromatic carbocycles. The molecule has 0 fully saturated rings. The molecule has 4 rings (SSSR count). The Hall–Kier alpha value is -2.96. The van der Waals surface area contributed by atoms with Gasteiger partial charge in [0.05, 0.1) is 24.1 Å². The summed E-state index contributed by atoms with van der Waals surface area (Å²) in [6.07, 6.45) is 7.46. The van der Waals surface area contributed by atoms with Gasteiger partial charge in [0.15, 0.2) is 6.10 Å². The zero-order valence-corrected chi connectivity index (χ0v) is 14.3. The summed E-state index contributed by atoms with van der Waals surface area (Å²) in [5.41, 5.74) is 5.08. The van der Waals surface area contributed by atoms with E-state index in [-0.39, 0.29) is 6.10 Å². The number of nitrogens with zero attached hydrogens (tertiary/aromatic N) is 6. The second-order valence-electron chi connectivity index (χ2n) is 6.24. The predicted molar refractivity (Wildman–Crippen MR) is 94.5 cm³/mol. The van der Waals surface area contributed by atoms with E-state index in [9.17, 15) is 0 Å². The fourth-order valence-electron chi connectivity index (χ4n) is 2.98. The van der Waals surface area contributed by atoms with E-state index in [1.807, 2.05) is 27.8 Å². The second-order valence-corrected chi connectivity index (χ2v) is 6.24. The van der Waals surface area contributed by atoms with Crippen molar-refractivity contribution in [3.63, 3.8) is 0 Å². The van der Waals surface area contributed by atoms with Crippen molar-refractivity contribution in [2.24, 2.45) is 5.16 Å². The summed E-state index contributed by atoms with van der Waals surface area (Å²) in [5, 5.41) is 17.1. The summed E-state index contributed by atoms with van der Waals surface area (Å²) >= 11 is 0. The summed E-state index contributed by atoms with van der Waals surface area (Å²) in [7, 11) is 0. The van der Waals surface area contributed by atoms with Crippen LogP contribution in [0.4, 0.5) is 0 Å². The standard InChI is InChI=1S/C18H20N6O/c1-3-14-10-15(25-21-14)11-23-12-17(20-22-23)16-9-13(2)5-6-18(16)24-8-4-7-19-24/h4-9,12,15H,3,10-11H2,1-2H3/t15-/m1/s1. The molecule has 0 radical (unpaired) electrons. The number of hydrogen-bond acceptors (Lipinski definition) is 5. The first-order chi connectivity index (χ1) is 12.2. The molecule has 7 nitrogen and oxygen atoms in total. The topological polar surface area (TPSA) is 70.1 Å². The van der Waals surface area contributed by atoms with E-state index in [1.54, 1.807) is 6.20 Å². The monoisotopic (exact) mass is 336 g/mol. The van der Waals surface area contributed by atoms with Crippen LogP contribution in [0.2, 0.25) is 0 Å². The van der Waals surface area contributed by atoms with Gasteiger partial charge in [-0.15, -0.1) is 5.10 Å². The summed E-state index contributed by atoms with van der Waals surface area (Å²) in [4.78, 5) is 5.46. The molecule has 0 saturated heterocycles. The zero-order valence-electron chi connectivity index (χ0n) is 14.3. The molecule has 0 bridgehead atoms. The molecule has 128 valence electrons. The molecule has 2 aromatic heterocycles. The van der Waals surface area contributed by atoms with Gasteiger partial charge in [0.1, 0.15) is 5.69 Å². The summed E-state index contributed by atoms with van der Waals surface area (Å²) in [6.45, 7) is 4.80. The van der Waals surface area contributed by atoms with Crippen LogP contribution in [0, 0.1) is 6.92 Å². The molecule has 0 amide bonds. The minimum atomic E-state index is 0.0348. The van der Waals surface area contributed by atoms with Crippen molar-refractivity contribution in [2.75, 3.05) is 0 Å². The third-order valence-electron chi connectivity index (χ3n) is 4.31. The molecule has 0 saturated carbocycles. The van der Waals surface area contributed by atoms with Gasteiger partial charge in [-0.1, -0.05) is 28.9 Å². The number of aromatic nitrogens is 5. The molecule has 7 heteroatoms. The predicted octanol–water partition coefficient (Wildman–Crippen LogP) is 2.99. The maximum Gasteiger partial charge on any atom is 0.152 e. The van der Waals surface area contributed by atoms with Crippen LogP contribution in [-0.4, -0.2) is 36.6 Å². The fourth-order valence-corrected chi connectivity index (χ4v) is 2.98. The molecule has 1 atom stereocenters. The van der Waals surface area contributed by atoms with Crippen molar-refractivity contribution < 1.29 is 4.84 Å². The third-order valence-corrected chi connectivity index (χ3v) is 4.31. The van der Waals surface area contributed by atoms with E-state index in [0.29, 0.717) is 6.54 Å². The normalized spacial score (nSPS) is 16.7. The molecule has 25 heavy (non-hydrogen) atoms. The first kappa shape index (κ1) is 15.6.